The molecule has 0 bridgehead atoms. The van der Waals surface area contributed by atoms with E-state index in [-0.39, 0.29) is 18.3 Å². The molecule has 4 heteroatoms. The molecule has 0 aromatic heterocycles. The molecule has 1 aliphatic rings. The van der Waals surface area contributed by atoms with Gasteiger partial charge in [0.05, 0.1) is 19.6 Å². The summed E-state index contributed by atoms with van der Waals surface area (Å²) in [6, 6.07) is 9.54. The van der Waals surface area contributed by atoms with Gasteiger partial charge in [-0.15, -0.1) is 0 Å². The smallest absolute Gasteiger partial charge is 0.308 e. The van der Waals surface area contributed by atoms with Crippen LogP contribution in [0, 0.1) is 0 Å². The zero-order valence-electron chi connectivity index (χ0n) is 9.59. The number of ether oxygens (including phenoxy) is 2. The van der Waals surface area contributed by atoms with E-state index >= 15 is 0 Å². The molecular formula is C13H14O4. The van der Waals surface area contributed by atoms with E-state index in [0.29, 0.717) is 6.42 Å². The Morgan fingerprint density at radius 1 is 1.41 bits per heavy atom. The molecule has 0 spiro atoms. The lowest BCUT2D eigenvalue weighted by Crippen LogP contribution is -2.20. The van der Waals surface area contributed by atoms with Gasteiger partial charge in [-0.05, 0) is 5.56 Å². The third-order valence-corrected chi connectivity index (χ3v) is 2.83. The maximum absolute atomic E-state index is 11.7. The van der Waals surface area contributed by atoms with Crippen molar-refractivity contribution in [3.05, 3.63) is 35.9 Å². The second-order valence-electron chi connectivity index (χ2n) is 3.97. The molecule has 1 aromatic rings. The number of esters is 1. The predicted molar refractivity (Wildman–Crippen MR) is 60.3 cm³/mol. The van der Waals surface area contributed by atoms with Crippen LogP contribution in [0.25, 0.3) is 0 Å². The van der Waals surface area contributed by atoms with E-state index in [4.69, 9.17) is 4.74 Å². The Labute approximate surface area is 99.5 Å². The lowest BCUT2D eigenvalue weighted by atomic mass is 10.1. The van der Waals surface area contributed by atoms with Crippen LogP contribution in [0.15, 0.2) is 30.3 Å². The van der Waals surface area contributed by atoms with Crippen LogP contribution in [0.2, 0.25) is 0 Å². The van der Waals surface area contributed by atoms with Crippen LogP contribution < -0.4 is 0 Å². The molecular weight excluding hydrogens is 220 g/mol. The van der Waals surface area contributed by atoms with Gasteiger partial charge in [-0.2, -0.15) is 0 Å². The summed E-state index contributed by atoms with van der Waals surface area (Å²) in [6.45, 7) is 0. The second kappa shape index (κ2) is 5.10. The Morgan fingerprint density at radius 2 is 2.12 bits per heavy atom. The number of ketones is 1. The second-order valence-corrected chi connectivity index (χ2v) is 3.97. The Balaban J connectivity index is 2.02. The van der Waals surface area contributed by atoms with Crippen molar-refractivity contribution in [2.75, 3.05) is 7.11 Å². The van der Waals surface area contributed by atoms with Gasteiger partial charge >= 0.3 is 5.97 Å². The van der Waals surface area contributed by atoms with Crippen molar-refractivity contribution >= 4 is 11.8 Å². The fourth-order valence-corrected chi connectivity index (χ4v) is 1.90. The van der Waals surface area contributed by atoms with Gasteiger partial charge in [0.25, 0.3) is 0 Å². The summed E-state index contributed by atoms with van der Waals surface area (Å²) >= 11 is 0. The summed E-state index contributed by atoms with van der Waals surface area (Å²) in [7, 11) is 1.30. The van der Waals surface area contributed by atoms with Gasteiger partial charge in [-0.1, -0.05) is 30.3 Å². The van der Waals surface area contributed by atoms with E-state index in [9.17, 15) is 9.59 Å². The Morgan fingerprint density at radius 3 is 2.76 bits per heavy atom. The van der Waals surface area contributed by atoms with Crippen molar-refractivity contribution in [2.24, 2.45) is 0 Å². The molecule has 2 rings (SSSR count). The van der Waals surface area contributed by atoms with Crippen LogP contribution in [-0.2, 0) is 19.1 Å². The molecule has 1 aliphatic heterocycles. The molecule has 2 atom stereocenters. The van der Waals surface area contributed by atoms with Gasteiger partial charge in [-0.3, -0.25) is 9.59 Å². The number of hydrogen-bond acceptors (Lipinski definition) is 4. The normalized spacial score (nSPS) is 23.7. The van der Waals surface area contributed by atoms with Crippen molar-refractivity contribution in [2.45, 2.75) is 25.0 Å². The van der Waals surface area contributed by atoms with Crippen LogP contribution in [-0.4, -0.2) is 25.0 Å². The van der Waals surface area contributed by atoms with E-state index < -0.39 is 12.1 Å². The van der Waals surface area contributed by atoms with Gasteiger partial charge in [0.2, 0.25) is 0 Å². The fourth-order valence-electron chi connectivity index (χ4n) is 1.90. The first-order valence-electron chi connectivity index (χ1n) is 5.50. The Bertz CT molecular complexity index is 413. The van der Waals surface area contributed by atoms with E-state index in [1.807, 2.05) is 30.3 Å². The van der Waals surface area contributed by atoms with Crippen LogP contribution in [0.1, 0.15) is 24.5 Å². The number of carbonyl (C=O) groups excluding carboxylic acids is 2. The third kappa shape index (κ3) is 2.71. The minimum absolute atomic E-state index is 0.00132. The molecule has 4 nitrogen and oxygen atoms in total. The van der Waals surface area contributed by atoms with E-state index in [0.717, 1.165) is 5.56 Å². The molecule has 0 aliphatic carbocycles. The van der Waals surface area contributed by atoms with Crippen molar-refractivity contribution in [1.29, 1.82) is 0 Å². The van der Waals surface area contributed by atoms with Crippen molar-refractivity contribution in [3.63, 3.8) is 0 Å². The zero-order chi connectivity index (χ0) is 12.3. The molecule has 90 valence electrons. The maximum atomic E-state index is 11.7. The molecule has 0 radical (unpaired) electrons. The SMILES string of the molecule is COC(=O)C[C@@H]1O[C@H](c2ccccc2)CC1=O. The highest BCUT2D eigenvalue weighted by Crippen LogP contribution is 2.31. The molecule has 0 saturated carbocycles. The van der Waals surface area contributed by atoms with Gasteiger partial charge < -0.3 is 9.47 Å². The highest BCUT2D eigenvalue weighted by molar-refractivity contribution is 5.89. The average molecular weight is 234 g/mol. The molecule has 1 fully saturated rings. The number of hydrogen-bond donors (Lipinski definition) is 0. The number of rotatable bonds is 3. The predicted octanol–water partition coefficient (Wildman–Crippen LogP) is 1.65. The molecule has 1 aromatic carbocycles. The number of benzene rings is 1. The van der Waals surface area contributed by atoms with Crippen molar-refractivity contribution < 1.29 is 19.1 Å². The summed E-state index contributed by atoms with van der Waals surface area (Å²) in [5.74, 6) is -0.457. The molecule has 0 unspecified atom stereocenters. The largest absolute Gasteiger partial charge is 0.469 e. The number of Topliss-reactive ketones (excluding diaryl/α,β-unsaturated/α-hetero) is 1. The average Bonchev–Trinajstić information content (AvgIpc) is 2.72. The highest BCUT2D eigenvalue weighted by Gasteiger charge is 2.35. The monoisotopic (exact) mass is 234 g/mol. The third-order valence-electron chi connectivity index (χ3n) is 2.83. The maximum Gasteiger partial charge on any atom is 0.308 e. The van der Waals surface area contributed by atoms with E-state index in [2.05, 4.69) is 4.74 Å². The molecule has 17 heavy (non-hydrogen) atoms. The summed E-state index contributed by atoms with van der Waals surface area (Å²) in [5.41, 5.74) is 0.966. The van der Waals surface area contributed by atoms with E-state index in [1.54, 1.807) is 0 Å². The lowest BCUT2D eigenvalue weighted by molar-refractivity contribution is -0.145. The molecule has 0 amide bonds. The minimum Gasteiger partial charge on any atom is -0.469 e. The highest BCUT2D eigenvalue weighted by atomic mass is 16.5. The van der Waals surface area contributed by atoms with Crippen LogP contribution >= 0.6 is 0 Å². The van der Waals surface area contributed by atoms with Gasteiger partial charge in [-0.25, -0.2) is 0 Å². The quantitative estimate of drug-likeness (QED) is 0.746. The van der Waals surface area contributed by atoms with Gasteiger partial charge in [0.15, 0.2) is 5.78 Å². The van der Waals surface area contributed by atoms with Gasteiger partial charge in [0, 0.05) is 6.42 Å². The van der Waals surface area contributed by atoms with Crippen LogP contribution in [0.4, 0.5) is 0 Å². The standard InChI is InChI=1S/C13H14O4/c1-16-13(15)8-12-10(14)7-11(17-12)9-5-3-2-4-6-9/h2-6,11-12H,7-8H2,1H3/t11-,12-/m0/s1. The number of carbonyl (C=O) groups is 2. The van der Waals surface area contributed by atoms with Crippen LogP contribution in [0.3, 0.4) is 0 Å². The summed E-state index contributed by atoms with van der Waals surface area (Å²) in [5, 5.41) is 0. The van der Waals surface area contributed by atoms with E-state index in [1.165, 1.54) is 7.11 Å². The summed E-state index contributed by atoms with van der Waals surface area (Å²) < 4.78 is 10.1. The lowest BCUT2D eigenvalue weighted by Gasteiger charge is -2.11. The van der Waals surface area contributed by atoms with Crippen LogP contribution in [0.5, 0.6) is 0 Å². The first-order valence-corrected chi connectivity index (χ1v) is 5.50. The topological polar surface area (TPSA) is 52.6 Å². The first kappa shape index (κ1) is 11.8. The van der Waals surface area contributed by atoms with Crippen molar-refractivity contribution in [3.8, 4) is 0 Å². The van der Waals surface area contributed by atoms with Gasteiger partial charge in [0.1, 0.15) is 6.10 Å². The Hall–Kier alpha value is -1.68. The minimum atomic E-state index is -0.660. The number of methoxy groups -OCH3 is 1. The summed E-state index contributed by atoms with van der Waals surface area (Å²) in [4.78, 5) is 22.8. The first-order chi connectivity index (χ1) is 8.20. The zero-order valence-corrected chi connectivity index (χ0v) is 9.59. The van der Waals surface area contributed by atoms with Crippen molar-refractivity contribution in [1.82, 2.24) is 0 Å². The Kier molecular flexibility index (Phi) is 3.54. The molecule has 1 heterocycles. The summed E-state index contributed by atoms with van der Waals surface area (Å²) in [6.07, 6.45) is -0.573. The fraction of sp³-hybridized carbons (Fsp3) is 0.385. The molecule has 0 N–H and O–H groups in total. The molecule has 1 saturated heterocycles.